The summed E-state index contributed by atoms with van der Waals surface area (Å²) in [6.07, 6.45) is 0. The van der Waals surface area contributed by atoms with E-state index in [0.717, 1.165) is 4.31 Å². The second kappa shape index (κ2) is 9.11. The fourth-order valence-corrected chi connectivity index (χ4v) is 6.21. The molecule has 29 heavy (non-hydrogen) atoms. The molecule has 4 N–H and O–H groups in total. The highest BCUT2D eigenvalue weighted by Crippen LogP contribution is 2.39. The highest BCUT2D eigenvalue weighted by atomic mass is 79.9. The van der Waals surface area contributed by atoms with Crippen molar-refractivity contribution in [1.29, 1.82) is 0 Å². The second-order valence-electron chi connectivity index (χ2n) is 6.02. The smallest absolute Gasteiger partial charge is 0.323 e. The van der Waals surface area contributed by atoms with Gasteiger partial charge in [-0.05, 0) is 40.2 Å². The van der Waals surface area contributed by atoms with Crippen molar-refractivity contribution in [2.24, 2.45) is 0 Å². The lowest BCUT2D eigenvalue weighted by Gasteiger charge is -2.29. The number of β-amino-alcohol motifs (C(OH)–C–C–N with tert-alkyl or cyclic N) is 1. The van der Waals surface area contributed by atoms with Crippen LogP contribution in [-0.4, -0.2) is 53.2 Å². The molecule has 0 aliphatic carbocycles. The molecule has 1 aliphatic heterocycles. The number of carbonyl (C=O) groups is 1. The first-order valence-electron chi connectivity index (χ1n) is 8.34. The lowest BCUT2D eigenvalue weighted by molar-refractivity contribution is 0.218. The van der Waals surface area contributed by atoms with Gasteiger partial charge in [0, 0.05) is 23.3 Å². The summed E-state index contributed by atoms with van der Waals surface area (Å²) in [6.45, 7) is 0.0446. The summed E-state index contributed by atoms with van der Waals surface area (Å²) in [6, 6.07) is 8.82. The number of aliphatic hydroxyl groups excluding tert-OH is 1. The third-order valence-corrected chi connectivity index (χ3v) is 8.07. The first kappa shape index (κ1) is 22.2. The number of thioether (sulfide) groups is 1. The number of aliphatic hydroxyl groups is 1. The molecule has 0 bridgehead atoms. The number of phenolic OH excluding ortho intramolecular Hbond substituents is 1. The fraction of sp³-hybridized carbons (Fsp3) is 0.235. The van der Waals surface area contributed by atoms with Crippen LogP contribution in [0.4, 0.5) is 16.2 Å². The van der Waals surface area contributed by atoms with Crippen LogP contribution in [0.15, 0.2) is 45.8 Å². The number of anilines is 2. The molecule has 1 heterocycles. The monoisotopic (exact) mass is 521 g/mol. The Morgan fingerprint density at radius 1 is 1.21 bits per heavy atom. The topological polar surface area (TPSA) is 119 Å². The summed E-state index contributed by atoms with van der Waals surface area (Å²) in [5.41, 5.74) is -0.494. The van der Waals surface area contributed by atoms with E-state index in [1.807, 2.05) is 0 Å². The van der Waals surface area contributed by atoms with Crippen molar-refractivity contribution in [1.82, 2.24) is 4.31 Å². The van der Waals surface area contributed by atoms with E-state index in [0.29, 0.717) is 15.9 Å². The number of hydrogen-bond donors (Lipinski definition) is 4. The van der Waals surface area contributed by atoms with Crippen LogP contribution in [-0.2, 0) is 10.0 Å². The van der Waals surface area contributed by atoms with Gasteiger partial charge in [0.15, 0.2) is 5.75 Å². The summed E-state index contributed by atoms with van der Waals surface area (Å²) < 4.78 is 27.7. The largest absolute Gasteiger partial charge is 0.504 e. The number of hydrogen-bond acceptors (Lipinski definition) is 6. The Labute approximate surface area is 185 Å². The van der Waals surface area contributed by atoms with Gasteiger partial charge in [0.2, 0.25) is 10.0 Å². The van der Waals surface area contributed by atoms with Crippen molar-refractivity contribution in [3.8, 4) is 5.75 Å². The summed E-state index contributed by atoms with van der Waals surface area (Å²) >= 11 is 10.6. The molecule has 8 nitrogen and oxygen atoms in total. The maximum atomic E-state index is 13.0. The maximum absolute atomic E-state index is 13.0. The van der Waals surface area contributed by atoms with E-state index in [4.69, 9.17) is 11.6 Å². The van der Waals surface area contributed by atoms with Crippen LogP contribution in [0.3, 0.4) is 0 Å². The maximum Gasteiger partial charge on any atom is 0.323 e. The van der Waals surface area contributed by atoms with E-state index in [9.17, 15) is 23.4 Å². The quantitative estimate of drug-likeness (QED) is 0.456. The summed E-state index contributed by atoms with van der Waals surface area (Å²) in [5, 5.41) is 25.1. The number of nitrogens with zero attached hydrogens (tertiary/aromatic N) is 1. The van der Waals surface area contributed by atoms with Crippen LogP contribution in [0.1, 0.15) is 0 Å². The molecule has 2 amide bonds. The molecule has 3 rings (SSSR count). The number of nitrogens with one attached hydrogen (secondary N) is 2. The third kappa shape index (κ3) is 4.98. The van der Waals surface area contributed by atoms with Gasteiger partial charge < -0.3 is 20.8 Å². The molecule has 0 radical (unpaired) electrons. The number of urea groups is 1. The number of carbonyl (C=O) groups excluding carboxylic acids is 1. The number of amides is 2. The second-order valence-corrected chi connectivity index (χ2v) is 10.4. The zero-order valence-electron chi connectivity index (χ0n) is 14.8. The van der Waals surface area contributed by atoms with Gasteiger partial charge in [-0.25, -0.2) is 13.2 Å². The summed E-state index contributed by atoms with van der Waals surface area (Å²) in [5.74, 6) is -0.266. The van der Waals surface area contributed by atoms with Crippen LogP contribution in [0, 0.1) is 0 Å². The van der Waals surface area contributed by atoms with Crippen molar-refractivity contribution in [3.05, 3.63) is 45.9 Å². The van der Waals surface area contributed by atoms with E-state index in [1.54, 1.807) is 24.3 Å². The number of rotatable bonds is 4. The Bertz CT molecular complexity index is 1040. The first-order chi connectivity index (χ1) is 13.7. The van der Waals surface area contributed by atoms with E-state index < -0.39 is 32.1 Å². The number of sulfonamides is 1. The first-order valence-corrected chi connectivity index (χ1v) is 12.0. The average Bonchev–Trinajstić information content (AvgIpc) is 2.66. The molecule has 1 aliphatic rings. The molecule has 1 fully saturated rings. The number of aromatic hydroxyl groups is 1. The zero-order valence-corrected chi connectivity index (χ0v) is 18.8. The molecule has 1 saturated heterocycles. The van der Waals surface area contributed by atoms with Gasteiger partial charge in [0.05, 0.1) is 16.4 Å². The normalized spacial score (nSPS) is 17.7. The van der Waals surface area contributed by atoms with Crippen LogP contribution in [0.5, 0.6) is 5.75 Å². The number of halogens is 2. The minimum Gasteiger partial charge on any atom is -0.504 e. The van der Waals surface area contributed by atoms with Crippen molar-refractivity contribution in [2.45, 2.75) is 10.3 Å². The Morgan fingerprint density at radius 3 is 2.59 bits per heavy atom. The standard InChI is InChI=1S/C17H17BrClN3O5S2/c18-10-3-1-2-4-12(10)20-17(25)21-13-6-5-11(19)16(15(13)24)29(26,27)22-7-8-28-14(23)9-22/h1-6,14,23-24H,7-9H2,(H2,20,21,25). The molecular weight excluding hydrogens is 506 g/mol. The molecular formula is C17H17BrClN3O5S2. The van der Waals surface area contributed by atoms with Gasteiger partial charge in [-0.15, -0.1) is 11.8 Å². The predicted molar refractivity (Wildman–Crippen MR) is 117 cm³/mol. The van der Waals surface area contributed by atoms with Crippen molar-refractivity contribution >= 4 is 66.7 Å². The molecule has 2 aromatic rings. The van der Waals surface area contributed by atoms with Gasteiger partial charge in [-0.1, -0.05) is 23.7 Å². The minimum absolute atomic E-state index is 0.121. The molecule has 156 valence electrons. The van der Waals surface area contributed by atoms with Gasteiger partial charge in [0.25, 0.3) is 0 Å². The molecule has 1 unspecified atom stereocenters. The van der Waals surface area contributed by atoms with E-state index in [2.05, 4.69) is 26.6 Å². The summed E-state index contributed by atoms with van der Waals surface area (Å²) in [7, 11) is -4.18. The van der Waals surface area contributed by atoms with Crippen molar-refractivity contribution in [3.63, 3.8) is 0 Å². The van der Waals surface area contributed by atoms with E-state index in [1.165, 1.54) is 23.9 Å². The molecule has 0 saturated carbocycles. The fourth-order valence-electron chi connectivity index (χ4n) is 2.69. The molecule has 0 aromatic heterocycles. The number of benzene rings is 2. The predicted octanol–water partition coefficient (Wildman–Crippen LogP) is 3.51. The van der Waals surface area contributed by atoms with Gasteiger partial charge in [0.1, 0.15) is 10.3 Å². The number of phenols is 1. The third-order valence-electron chi connectivity index (χ3n) is 4.06. The minimum atomic E-state index is -4.18. The molecule has 12 heteroatoms. The average molecular weight is 523 g/mol. The van der Waals surface area contributed by atoms with Crippen molar-refractivity contribution in [2.75, 3.05) is 29.5 Å². The number of para-hydroxylation sites is 1. The van der Waals surface area contributed by atoms with Crippen LogP contribution in [0.25, 0.3) is 0 Å². The molecule has 2 aromatic carbocycles. The zero-order chi connectivity index (χ0) is 21.2. The van der Waals surface area contributed by atoms with E-state index >= 15 is 0 Å². The van der Waals surface area contributed by atoms with Gasteiger partial charge in [-0.3, -0.25) is 0 Å². The van der Waals surface area contributed by atoms with Crippen LogP contribution < -0.4 is 10.6 Å². The summed E-state index contributed by atoms with van der Waals surface area (Å²) in [4.78, 5) is 11.8. The molecule has 0 spiro atoms. The van der Waals surface area contributed by atoms with Gasteiger partial charge in [-0.2, -0.15) is 4.31 Å². The Hall–Kier alpha value is -1.50. The lowest BCUT2D eigenvalue weighted by atomic mass is 10.3. The highest BCUT2D eigenvalue weighted by Gasteiger charge is 2.34. The Balaban J connectivity index is 1.87. The SMILES string of the molecule is O=C(Nc1ccccc1Br)Nc1ccc(Cl)c(S(=O)(=O)N2CCSC(O)C2)c1O. The highest BCUT2D eigenvalue weighted by molar-refractivity contribution is 9.10. The Morgan fingerprint density at radius 2 is 1.90 bits per heavy atom. The van der Waals surface area contributed by atoms with Crippen LogP contribution >= 0.6 is 39.3 Å². The lowest BCUT2D eigenvalue weighted by Crippen LogP contribution is -2.41. The van der Waals surface area contributed by atoms with Crippen LogP contribution in [0.2, 0.25) is 5.02 Å². The Kier molecular flexibility index (Phi) is 6.97. The van der Waals surface area contributed by atoms with Gasteiger partial charge >= 0.3 is 6.03 Å². The van der Waals surface area contributed by atoms with E-state index in [-0.39, 0.29) is 23.8 Å². The van der Waals surface area contributed by atoms with Crippen molar-refractivity contribution < 1.29 is 23.4 Å². The molecule has 1 atom stereocenters.